The molecule has 1 N–H and O–H groups in total. The van der Waals surface area contributed by atoms with Gasteiger partial charge in [-0.25, -0.2) is 9.31 Å². The van der Waals surface area contributed by atoms with Gasteiger partial charge in [0.05, 0.1) is 10.5 Å². The third-order valence-electron chi connectivity index (χ3n) is 2.08. The number of carbonyl (C=O) groups is 1. The molecule has 4 nitrogen and oxygen atoms in total. The van der Waals surface area contributed by atoms with Crippen molar-refractivity contribution in [2.24, 2.45) is 0 Å². The van der Waals surface area contributed by atoms with Gasteiger partial charge in [-0.05, 0) is 12.1 Å². The number of carboxylic acid groups (broad SMARTS) is 1. The number of carboxylic acids is 1. The molecule has 0 spiro atoms. The van der Waals surface area contributed by atoms with Crippen LogP contribution in [-0.2, 0) is 6.18 Å². The molecule has 0 saturated heterocycles. The summed E-state index contributed by atoms with van der Waals surface area (Å²) < 4.78 is 38.5. The van der Waals surface area contributed by atoms with E-state index >= 15 is 0 Å². The smallest absolute Gasteiger partial charge is 0.436 e. The molecule has 0 aliphatic rings. The van der Waals surface area contributed by atoms with E-state index in [-0.39, 0.29) is 10.5 Å². The van der Waals surface area contributed by atoms with Crippen LogP contribution in [0.15, 0.2) is 18.3 Å². The zero-order valence-corrected chi connectivity index (χ0v) is 8.75. The average Bonchev–Trinajstić information content (AvgIpc) is 2.55. The number of alkyl halides is 3. The van der Waals surface area contributed by atoms with Crippen molar-refractivity contribution in [1.82, 2.24) is 9.61 Å². The maximum absolute atomic E-state index is 12.6. The molecule has 2 rings (SSSR count). The second-order valence-electron chi connectivity index (χ2n) is 3.20. The van der Waals surface area contributed by atoms with Crippen LogP contribution in [0.5, 0.6) is 0 Å². The number of halogens is 4. The van der Waals surface area contributed by atoms with Gasteiger partial charge in [0.1, 0.15) is 5.56 Å². The van der Waals surface area contributed by atoms with Crippen LogP contribution in [0.3, 0.4) is 0 Å². The minimum absolute atomic E-state index is 0.158. The Morgan fingerprint density at radius 1 is 1.41 bits per heavy atom. The van der Waals surface area contributed by atoms with Crippen LogP contribution >= 0.6 is 11.6 Å². The molecule has 17 heavy (non-hydrogen) atoms. The van der Waals surface area contributed by atoms with Crippen LogP contribution in [0.1, 0.15) is 16.1 Å². The third kappa shape index (κ3) is 1.93. The summed E-state index contributed by atoms with van der Waals surface area (Å²) in [7, 11) is 0. The summed E-state index contributed by atoms with van der Waals surface area (Å²) in [6, 6.07) is 2.47. The Morgan fingerprint density at radius 2 is 2.06 bits per heavy atom. The first-order chi connectivity index (χ1) is 7.80. The lowest BCUT2D eigenvalue weighted by Gasteiger charge is -2.02. The van der Waals surface area contributed by atoms with Crippen molar-refractivity contribution in [2.75, 3.05) is 0 Å². The molecule has 0 aliphatic heterocycles. The monoisotopic (exact) mass is 264 g/mol. The number of hydrogen-bond acceptors (Lipinski definition) is 2. The normalized spacial score (nSPS) is 12.0. The number of hydrogen-bond donors (Lipinski definition) is 1. The molecular weight excluding hydrogens is 261 g/mol. The zero-order valence-electron chi connectivity index (χ0n) is 7.99. The molecule has 0 bridgehead atoms. The molecule has 0 aliphatic carbocycles. The van der Waals surface area contributed by atoms with E-state index in [9.17, 15) is 18.0 Å². The summed E-state index contributed by atoms with van der Waals surface area (Å²) in [5, 5.41) is 12.1. The fourth-order valence-electron chi connectivity index (χ4n) is 1.43. The zero-order chi connectivity index (χ0) is 12.8. The van der Waals surface area contributed by atoms with E-state index in [1.807, 2.05) is 0 Å². The van der Waals surface area contributed by atoms with E-state index in [2.05, 4.69) is 5.10 Å². The number of aromatic carboxylic acids is 1. The molecular formula is C9H4ClF3N2O2. The third-order valence-corrected chi connectivity index (χ3v) is 2.30. The van der Waals surface area contributed by atoms with Gasteiger partial charge in [-0.1, -0.05) is 11.6 Å². The van der Waals surface area contributed by atoms with Crippen LogP contribution < -0.4 is 0 Å². The first kappa shape index (κ1) is 11.7. The minimum Gasteiger partial charge on any atom is -0.478 e. The van der Waals surface area contributed by atoms with Crippen molar-refractivity contribution in [3.63, 3.8) is 0 Å². The number of aromatic nitrogens is 2. The maximum Gasteiger partial charge on any atom is 0.436 e. The molecule has 2 aromatic heterocycles. The van der Waals surface area contributed by atoms with Crippen LogP contribution in [0.4, 0.5) is 13.2 Å². The van der Waals surface area contributed by atoms with Gasteiger partial charge < -0.3 is 5.11 Å². The van der Waals surface area contributed by atoms with E-state index in [0.717, 1.165) is 10.7 Å². The SMILES string of the molecule is O=C(O)c1c(C(F)(F)F)nn2cc(Cl)ccc12. The predicted octanol–water partition coefficient (Wildman–Crippen LogP) is 2.70. The number of pyridine rings is 1. The van der Waals surface area contributed by atoms with Crippen molar-refractivity contribution < 1.29 is 23.1 Å². The molecule has 0 saturated carbocycles. The Hall–Kier alpha value is -1.76. The van der Waals surface area contributed by atoms with Crippen LogP contribution in [-0.4, -0.2) is 20.7 Å². The Balaban J connectivity index is 2.84. The summed E-state index contributed by atoms with van der Waals surface area (Å²) in [4.78, 5) is 10.8. The van der Waals surface area contributed by atoms with Gasteiger partial charge in [0, 0.05) is 6.20 Å². The largest absolute Gasteiger partial charge is 0.478 e. The highest BCUT2D eigenvalue weighted by atomic mass is 35.5. The lowest BCUT2D eigenvalue weighted by Crippen LogP contribution is -2.12. The van der Waals surface area contributed by atoms with E-state index in [1.54, 1.807) is 0 Å². The highest BCUT2D eigenvalue weighted by molar-refractivity contribution is 6.30. The fraction of sp³-hybridized carbons (Fsp3) is 0.111. The Bertz CT molecular complexity index is 606. The highest BCUT2D eigenvalue weighted by Gasteiger charge is 2.40. The van der Waals surface area contributed by atoms with Gasteiger partial charge in [-0.2, -0.15) is 18.3 Å². The Kier molecular flexibility index (Phi) is 2.50. The predicted molar refractivity (Wildman–Crippen MR) is 52.2 cm³/mol. The number of fused-ring (bicyclic) bond motifs is 1. The maximum atomic E-state index is 12.6. The van der Waals surface area contributed by atoms with Gasteiger partial charge in [-0.15, -0.1) is 0 Å². The average molecular weight is 265 g/mol. The molecule has 8 heteroatoms. The number of nitrogens with zero attached hydrogens (tertiary/aromatic N) is 2. The highest BCUT2D eigenvalue weighted by Crippen LogP contribution is 2.33. The molecule has 0 radical (unpaired) electrons. The first-order valence-corrected chi connectivity index (χ1v) is 4.67. The summed E-state index contributed by atoms with van der Waals surface area (Å²) in [6.07, 6.45) is -3.72. The molecule has 0 fully saturated rings. The van der Waals surface area contributed by atoms with Crippen molar-refractivity contribution >= 4 is 23.1 Å². The molecule has 2 heterocycles. The van der Waals surface area contributed by atoms with Gasteiger partial charge >= 0.3 is 12.1 Å². The Labute approximate surface area is 97.2 Å². The van der Waals surface area contributed by atoms with Crippen LogP contribution in [0.25, 0.3) is 5.52 Å². The molecule has 90 valence electrons. The lowest BCUT2D eigenvalue weighted by atomic mass is 10.2. The van der Waals surface area contributed by atoms with Gasteiger partial charge in [0.25, 0.3) is 0 Å². The van der Waals surface area contributed by atoms with E-state index in [0.29, 0.717) is 0 Å². The standard InChI is InChI=1S/C9H4ClF3N2O2/c10-4-1-2-5-6(8(16)17)7(9(11,12)13)14-15(5)3-4/h1-3H,(H,16,17). The minimum atomic E-state index is -4.83. The van der Waals surface area contributed by atoms with Crippen molar-refractivity contribution in [2.45, 2.75) is 6.18 Å². The van der Waals surface area contributed by atoms with Crippen LogP contribution in [0, 0.1) is 0 Å². The van der Waals surface area contributed by atoms with Crippen molar-refractivity contribution in [1.29, 1.82) is 0 Å². The van der Waals surface area contributed by atoms with E-state index < -0.39 is 23.4 Å². The van der Waals surface area contributed by atoms with E-state index in [4.69, 9.17) is 16.7 Å². The summed E-state index contributed by atoms with van der Waals surface area (Å²) in [5.41, 5.74) is -2.48. The summed E-state index contributed by atoms with van der Waals surface area (Å²) in [5.74, 6) is -1.69. The molecule has 2 aromatic rings. The quantitative estimate of drug-likeness (QED) is 0.861. The Morgan fingerprint density at radius 3 is 2.59 bits per heavy atom. The summed E-state index contributed by atoms with van der Waals surface area (Å²) in [6.45, 7) is 0. The summed E-state index contributed by atoms with van der Waals surface area (Å²) >= 11 is 5.58. The van der Waals surface area contributed by atoms with Crippen molar-refractivity contribution in [3.05, 3.63) is 34.6 Å². The van der Waals surface area contributed by atoms with Crippen LogP contribution in [0.2, 0.25) is 5.02 Å². The molecule has 0 unspecified atom stereocenters. The van der Waals surface area contributed by atoms with Crippen molar-refractivity contribution in [3.8, 4) is 0 Å². The fourth-order valence-corrected chi connectivity index (χ4v) is 1.59. The number of rotatable bonds is 1. The van der Waals surface area contributed by atoms with E-state index in [1.165, 1.54) is 12.1 Å². The van der Waals surface area contributed by atoms with Gasteiger partial charge in [0.2, 0.25) is 0 Å². The first-order valence-electron chi connectivity index (χ1n) is 4.29. The topological polar surface area (TPSA) is 54.6 Å². The van der Waals surface area contributed by atoms with Gasteiger partial charge in [0.15, 0.2) is 5.69 Å². The molecule has 0 amide bonds. The lowest BCUT2D eigenvalue weighted by molar-refractivity contribution is -0.141. The molecule has 0 aromatic carbocycles. The second-order valence-corrected chi connectivity index (χ2v) is 3.64. The molecule has 0 atom stereocenters. The second kappa shape index (κ2) is 3.63. The van der Waals surface area contributed by atoms with Gasteiger partial charge in [-0.3, -0.25) is 0 Å².